The maximum atomic E-state index is 10.4. The lowest BCUT2D eigenvalue weighted by Crippen LogP contribution is -2.39. The van der Waals surface area contributed by atoms with Crippen molar-refractivity contribution >= 4 is 5.97 Å². The highest BCUT2D eigenvalue weighted by Crippen LogP contribution is 2.06. The lowest BCUT2D eigenvalue weighted by Gasteiger charge is -2.23. The molecule has 1 rings (SSSR count). The van der Waals surface area contributed by atoms with Crippen LogP contribution in [0.4, 0.5) is 0 Å². The Morgan fingerprint density at radius 2 is 2.42 bits per heavy atom. The van der Waals surface area contributed by atoms with Gasteiger partial charge in [0.1, 0.15) is 6.04 Å². The summed E-state index contributed by atoms with van der Waals surface area (Å²) in [5.41, 5.74) is 5.31. The van der Waals surface area contributed by atoms with Gasteiger partial charge in [0.15, 0.2) is 0 Å². The summed E-state index contributed by atoms with van der Waals surface area (Å²) in [5, 5.41) is 8.49. The number of carbonyl (C=O) groups is 1. The molecule has 1 aliphatic rings. The predicted octanol–water partition coefficient (Wildman–Crippen LogP) is -0.796. The van der Waals surface area contributed by atoms with Gasteiger partial charge in [-0.2, -0.15) is 0 Å². The third-order valence-corrected chi connectivity index (χ3v) is 1.72. The van der Waals surface area contributed by atoms with Crippen molar-refractivity contribution in [1.82, 2.24) is 0 Å². The van der Waals surface area contributed by atoms with Crippen molar-refractivity contribution < 1.29 is 19.4 Å². The summed E-state index contributed by atoms with van der Waals surface area (Å²) in [6, 6.07) is -0.850. The summed E-state index contributed by atoms with van der Waals surface area (Å²) in [7, 11) is 0. The first-order chi connectivity index (χ1) is 5.70. The van der Waals surface area contributed by atoms with Crippen molar-refractivity contribution in [2.75, 3.05) is 19.8 Å². The van der Waals surface area contributed by atoms with Crippen LogP contribution in [0.15, 0.2) is 0 Å². The first kappa shape index (κ1) is 9.44. The molecule has 0 aromatic carbocycles. The average molecular weight is 175 g/mol. The maximum absolute atomic E-state index is 10.4. The van der Waals surface area contributed by atoms with Crippen molar-refractivity contribution in [2.24, 2.45) is 5.73 Å². The number of ether oxygens (including phenoxy) is 2. The molecular formula is C7H13NO4. The number of hydrogen-bond acceptors (Lipinski definition) is 4. The number of hydrogen-bond donors (Lipinski definition) is 2. The summed E-state index contributed by atoms with van der Waals surface area (Å²) in [6.45, 7) is 1.55. The van der Waals surface area contributed by atoms with Crippen LogP contribution in [0.1, 0.15) is 6.42 Å². The fraction of sp³-hybridized carbons (Fsp3) is 0.857. The van der Waals surface area contributed by atoms with Gasteiger partial charge in [0.2, 0.25) is 0 Å². The van der Waals surface area contributed by atoms with Crippen LogP contribution >= 0.6 is 0 Å². The zero-order valence-corrected chi connectivity index (χ0v) is 6.73. The molecule has 1 heterocycles. The smallest absolute Gasteiger partial charge is 0.320 e. The van der Waals surface area contributed by atoms with E-state index in [-0.39, 0.29) is 6.10 Å². The lowest BCUT2D eigenvalue weighted by atomic mass is 10.1. The van der Waals surface area contributed by atoms with Gasteiger partial charge in [0.25, 0.3) is 0 Å². The van der Waals surface area contributed by atoms with Crippen molar-refractivity contribution in [3.63, 3.8) is 0 Å². The normalized spacial score (nSPS) is 26.6. The molecule has 70 valence electrons. The van der Waals surface area contributed by atoms with Crippen LogP contribution in [0, 0.1) is 0 Å². The Kier molecular flexibility index (Phi) is 3.46. The van der Waals surface area contributed by atoms with Crippen LogP contribution in [0.2, 0.25) is 0 Å². The highest BCUT2D eigenvalue weighted by molar-refractivity contribution is 5.73. The lowest BCUT2D eigenvalue weighted by molar-refractivity contribution is -0.141. The van der Waals surface area contributed by atoms with Crippen molar-refractivity contribution in [3.05, 3.63) is 0 Å². The summed E-state index contributed by atoms with van der Waals surface area (Å²) < 4.78 is 10.3. The van der Waals surface area contributed by atoms with Gasteiger partial charge in [-0.15, -0.1) is 0 Å². The van der Waals surface area contributed by atoms with Gasteiger partial charge in [-0.1, -0.05) is 0 Å². The Morgan fingerprint density at radius 1 is 1.67 bits per heavy atom. The molecular weight excluding hydrogens is 162 g/mol. The molecule has 12 heavy (non-hydrogen) atoms. The van der Waals surface area contributed by atoms with E-state index in [1.807, 2.05) is 0 Å². The van der Waals surface area contributed by atoms with E-state index in [1.54, 1.807) is 0 Å². The third kappa shape index (κ3) is 2.77. The van der Waals surface area contributed by atoms with E-state index in [0.29, 0.717) is 26.2 Å². The molecule has 2 atom stereocenters. The largest absolute Gasteiger partial charge is 0.480 e. The first-order valence-electron chi connectivity index (χ1n) is 3.88. The highest BCUT2D eigenvalue weighted by atomic mass is 16.6. The number of carboxylic acids is 1. The summed E-state index contributed by atoms with van der Waals surface area (Å²) >= 11 is 0. The van der Waals surface area contributed by atoms with Gasteiger partial charge in [0, 0.05) is 6.42 Å². The fourth-order valence-electron chi connectivity index (χ4n) is 1.06. The van der Waals surface area contributed by atoms with E-state index >= 15 is 0 Å². The number of nitrogens with two attached hydrogens (primary N) is 1. The Morgan fingerprint density at radius 3 is 2.92 bits per heavy atom. The van der Waals surface area contributed by atoms with Crippen molar-refractivity contribution in [3.8, 4) is 0 Å². The van der Waals surface area contributed by atoms with E-state index in [9.17, 15) is 4.79 Å². The second-order valence-electron chi connectivity index (χ2n) is 2.75. The monoisotopic (exact) mass is 175 g/mol. The van der Waals surface area contributed by atoms with Crippen LogP contribution in [0.3, 0.4) is 0 Å². The van der Waals surface area contributed by atoms with E-state index in [1.165, 1.54) is 0 Å². The van der Waals surface area contributed by atoms with E-state index < -0.39 is 12.0 Å². The zero-order chi connectivity index (χ0) is 8.97. The standard InChI is InChI=1S/C7H13NO4/c8-6(7(9)10)3-5-4-11-1-2-12-5/h5-6H,1-4,8H2,(H,9,10)/t5?,6-/m1/s1. The summed E-state index contributed by atoms with van der Waals surface area (Å²) in [4.78, 5) is 10.4. The summed E-state index contributed by atoms with van der Waals surface area (Å²) in [6.07, 6.45) is 0.153. The van der Waals surface area contributed by atoms with Gasteiger partial charge >= 0.3 is 5.97 Å². The van der Waals surface area contributed by atoms with Gasteiger partial charge in [0.05, 0.1) is 25.9 Å². The second-order valence-corrected chi connectivity index (χ2v) is 2.75. The van der Waals surface area contributed by atoms with Gasteiger partial charge in [-0.3, -0.25) is 4.79 Å². The molecule has 0 radical (unpaired) electrons. The predicted molar refractivity (Wildman–Crippen MR) is 40.8 cm³/mol. The molecule has 5 nitrogen and oxygen atoms in total. The molecule has 5 heteroatoms. The molecule has 0 bridgehead atoms. The van der Waals surface area contributed by atoms with E-state index in [0.717, 1.165) is 0 Å². The number of rotatable bonds is 3. The molecule has 1 aliphatic heterocycles. The van der Waals surface area contributed by atoms with Crippen LogP contribution < -0.4 is 5.73 Å². The molecule has 0 aromatic rings. The van der Waals surface area contributed by atoms with Crippen LogP contribution in [0.5, 0.6) is 0 Å². The number of aliphatic carboxylic acids is 1. The van der Waals surface area contributed by atoms with Crippen LogP contribution in [0.25, 0.3) is 0 Å². The minimum atomic E-state index is -0.996. The molecule has 3 N–H and O–H groups in total. The molecule has 0 amide bonds. The Labute approximate surface area is 70.4 Å². The van der Waals surface area contributed by atoms with Crippen LogP contribution in [-0.2, 0) is 14.3 Å². The van der Waals surface area contributed by atoms with Gasteiger partial charge < -0.3 is 20.3 Å². The van der Waals surface area contributed by atoms with Gasteiger partial charge in [-0.05, 0) is 0 Å². The molecule has 0 aromatic heterocycles. The quantitative estimate of drug-likeness (QED) is 0.587. The Hall–Kier alpha value is -0.650. The number of carboxylic acid groups (broad SMARTS) is 1. The molecule has 0 aliphatic carbocycles. The van der Waals surface area contributed by atoms with Crippen LogP contribution in [-0.4, -0.2) is 43.0 Å². The van der Waals surface area contributed by atoms with Crippen molar-refractivity contribution in [1.29, 1.82) is 0 Å². The maximum Gasteiger partial charge on any atom is 0.320 e. The average Bonchev–Trinajstić information content (AvgIpc) is 2.06. The minimum Gasteiger partial charge on any atom is -0.480 e. The Bertz CT molecular complexity index is 155. The zero-order valence-electron chi connectivity index (χ0n) is 6.73. The molecule has 1 saturated heterocycles. The molecule has 1 fully saturated rings. The molecule has 0 saturated carbocycles. The fourth-order valence-corrected chi connectivity index (χ4v) is 1.06. The molecule has 0 spiro atoms. The SMILES string of the molecule is N[C@H](CC1COCCO1)C(=O)O. The van der Waals surface area contributed by atoms with E-state index in [4.69, 9.17) is 20.3 Å². The van der Waals surface area contributed by atoms with Crippen molar-refractivity contribution in [2.45, 2.75) is 18.6 Å². The third-order valence-electron chi connectivity index (χ3n) is 1.72. The minimum absolute atomic E-state index is 0.162. The topological polar surface area (TPSA) is 81.8 Å². The first-order valence-corrected chi connectivity index (χ1v) is 3.88. The second kappa shape index (κ2) is 4.39. The van der Waals surface area contributed by atoms with E-state index in [2.05, 4.69) is 0 Å². The Balaban J connectivity index is 2.24. The molecule has 1 unspecified atom stereocenters. The summed E-state index contributed by atoms with van der Waals surface area (Å²) in [5.74, 6) is -0.996. The highest BCUT2D eigenvalue weighted by Gasteiger charge is 2.21. The van der Waals surface area contributed by atoms with Gasteiger partial charge in [-0.25, -0.2) is 0 Å².